The summed E-state index contributed by atoms with van der Waals surface area (Å²) >= 11 is 11.1. The maximum Gasteiger partial charge on any atom is 0.573 e. The van der Waals surface area contributed by atoms with E-state index in [9.17, 15) is 18.0 Å². The predicted octanol–water partition coefficient (Wildman–Crippen LogP) is 5.04. The van der Waals surface area contributed by atoms with Gasteiger partial charge in [0.05, 0.1) is 6.04 Å². The first kappa shape index (κ1) is 21.8. The summed E-state index contributed by atoms with van der Waals surface area (Å²) in [6.07, 6.45) is -4.76. The third kappa shape index (κ3) is 5.61. The Morgan fingerprint density at radius 2 is 1.87 bits per heavy atom. The van der Waals surface area contributed by atoms with Crippen molar-refractivity contribution < 1.29 is 22.7 Å². The van der Waals surface area contributed by atoms with E-state index in [0.29, 0.717) is 16.4 Å². The van der Waals surface area contributed by atoms with Gasteiger partial charge in [0, 0.05) is 10.6 Å². The van der Waals surface area contributed by atoms with Crippen molar-refractivity contribution in [3.63, 3.8) is 0 Å². The number of alkyl halides is 3. The van der Waals surface area contributed by atoms with Gasteiger partial charge in [0.15, 0.2) is 10.6 Å². The number of aromatic nitrogens is 3. The van der Waals surface area contributed by atoms with Crippen LogP contribution in [0, 0.1) is 4.77 Å². The Balaban J connectivity index is 1.68. The molecule has 6 nitrogen and oxygen atoms in total. The van der Waals surface area contributed by atoms with Gasteiger partial charge in [-0.25, -0.2) is 0 Å². The van der Waals surface area contributed by atoms with Gasteiger partial charge in [0.2, 0.25) is 5.91 Å². The van der Waals surface area contributed by atoms with Crippen molar-refractivity contribution in [2.75, 3.05) is 0 Å². The summed E-state index contributed by atoms with van der Waals surface area (Å²) < 4.78 is 42.4. The number of nitrogens with zero attached hydrogens (tertiary/aromatic N) is 2. The molecule has 0 aliphatic heterocycles. The van der Waals surface area contributed by atoms with Crippen molar-refractivity contribution >= 4 is 29.7 Å². The number of ether oxygens (including phenoxy) is 1. The highest BCUT2D eigenvalue weighted by atomic mass is 35.5. The minimum atomic E-state index is -4.76. The first-order chi connectivity index (χ1) is 14.1. The molecule has 1 atom stereocenters. The number of amides is 1. The summed E-state index contributed by atoms with van der Waals surface area (Å²) in [6, 6.07) is 11.8. The average Bonchev–Trinajstić information content (AvgIpc) is 3.02. The van der Waals surface area contributed by atoms with Crippen molar-refractivity contribution in [2.45, 2.75) is 25.9 Å². The molecule has 158 valence electrons. The molecule has 3 aromatic rings. The summed E-state index contributed by atoms with van der Waals surface area (Å²) in [6.45, 7) is 1.62. The van der Waals surface area contributed by atoms with E-state index in [1.54, 1.807) is 35.8 Å². The van der Waals surface area contributed by atoms with Crippen LogP contribution in [0.15, 0.2) is 48.5 Å². The van der Waals surface area contributed by atoms with Crippen molar-refractivity contribution in [2.24, 2.45) is 0 Å². The molecule has 1 amide bonds. The van der Waals surface area contributed by atoms with Crippen LogP contribution in [-0.2, 0) is 11.3 Å². The number of nitrogens with one attached hydrogen (secondary N) is 2. The largest absolute Gasteiger partial charge is 0.573 e. The van der Waals surface area contributed by atoms with Gasteiger partial charge in [-0.3, -0.25) is 14.5 Å². The fourth-order valence-electron chi connectivity index (χ4n) is 2.76. The molecule has 1 unspecified atom stereocenters. The summed E-state index contributed by atoms with van der Waals surface area (Å²) in [5, 5.41) is 10.2. The Hall–Kier alpha value is -2.85. The summed E-state index contributed by atoms with van der Waals surface area (Å²) in [4.78, 5) is 12.5. The van der Waals surface area contributed by atoms with E-state index in [0.717, 1.165) is 5.56 Å². The van der Waals surface area contributed by atoms with Crippen LogP contribution >= 0.6 is 23.8 Å². The maximum absolute atomic E-state index is 12.5. The lowest BCUT2D eigenvalue weighted by Gasteiger charge is -2.16. The zero-order chi connectivity index (χ0) is 21.9. The van der Waals surface area contributed by atoms with Gasteiger partial charge in [-0.05, 0) is 61.1 Å². The number of carbonyl (C=O) groups excluding carboxylic acids is 1. The third-order valence-electron chi connectivity index (χ3n) is 4.15. The molecule has 0 fully saturated rings. The van der Waals surface area contributed by atoms with Gasteiger partial charge in [0.1, 0.15) is 12.3 Å². The molecular formula is C19H16ClF3N4O2S. The molecule has 2 aromatic carbocycles. The van der Waals surface area contributed by atoms with Gasteiger partial charge in [-0.1, -0.05) is 23.7 Å². The summed E-state index contributed by atoms with van der Waals surface area (Å²) in [5.74, 6) is -0.193. The molecule has 0 aliphatic rings. The maximum atomic E-state index is 12.5. The second-order valence-electron chi connectivity index (χ2n) is 6.35. The van der Waals surface area contributed by atoms with Crippen LogP contribution in [0.25, 0.3) is 11.4 Å². The predicted molar refractivity (Wildman–Crippen MR) is 108 cm³/mol. The lowest BCUT2D eigenvalue weighted by atomic mass is 10.1. The summed E-state index contributed by atoms with van der Waals surface area (Å²) in [5.41, 5.74) is 1.35. The SMILES string of the molecule is CC(NC(=O)Cn1c(-c2ccc(Cl)cc2)n[nH]c1=S)c1ccc(OC(F)(F)F)cc1. The van der Waals surface area contributed by atoms with E-state index in [1.165, 1.54) is 24.3 Å². The minimum absolute atomic E-state index is 0.0904. The number of hydrogen-bond acceptors (Lipinski definition) is 4. The fourth-order valence-corrected chi connectivity index (χ4v) is 3.08. The van der Waals surface area contributed by atoms with Gasteiger partial charge >= 0.3 is 6.36 Å². The lowest BCUT2D eigenvalue weighted by molar-refractivity contribution is -0.274. The zero-order valence-corrected chi connectivity index (χ0v) is 17.1. The number of halogens is 4. The number of benzene rings is 2. The number of carbonyl (C=O) groups is 1. The zero-order valence-electron chi connectivity index (χ0n) is 15.5. The molecule has 0 saturated heterocycles. The van der Waals surface area contributed by atoms with Gasteiger partial charge in [-0.2, -0.15) is 5.10 Å². The molecule has 1 heterocycles. The lowest BCUT2D eigenvalue weighted by Crippen LogP contribution is -2.30. The van der Waals surface area contributed by atoms with Crippen LogP contribution < -0.4 is 10.1 Å². The van der Waals surface area contributed by atoms with Crippen LogP contribution in [0.5, 0.6) is 5.75 Å². The van der Waals surface area contributed by atoms with Crippen molar-refractivity contribution in [3.05, 3.63) is 63.9 Å². The van der Waals surface area contributed by atoms with Crippen LogP contribution in [0.3, 0.4) is 0 Å². The Bertz CT molecular complexity index is 1080. The van der Waals surface area contributed by atoms with E-state index in [1.807, 2.05) is 0 Å². The van der Waals surface area contributed by atoms with Crippen LogP contribution in [0.2, 0.25) is 5.02 Å². The second kappa shape index (κ2) is 8.88. The number of rotatable bonds is 6. The number of H-pyrrole nitrogens is 1. The molecular weight excluding hydrogens is 441 g/mol. The molecule has 0 saturated carbocycles. The van der Waals surface area contributed by atoms with E-state index < -0.39 is 12.4 Å². The molecule has 0 bridgehead atoms. The van der Waals surface area contributed by atoms with E-state index >= 15 is 0 Å². The molecule has 1 aromatic heterocycles. The second-order valence-corrected chi connectivity index (χ2v) is 7.17. The van der Waals surface area contributed by atoms with Gasteiger partial charge < -0.3 is 10.1 Å². The van der Waals surface area contributed by atoms with Crippen molar-refractivity contribution in [3.8, 4) is 17.1 Å². The standard InChI is InChI=1S/C19H16ClF3N4O2S/c1-11(12-4-8-15(9-5-12)29-19(21,22)23)24-16(28)10-27-17(25-26-18(27)30)13-2-6-14(20)7-3-13/h2-9,11H,10H2,1H3,(H,24,28)(H,26,30). The highest BCUT2D eigenvalue weighted by Crippen LogP contribution is 2.24. The van der Waals surface area contributed by atoms with Gasteiger partial charge in [0.25, 0.3) is 0 Å². The normalized spacial score (nSPS) is 12.4. The monoisotopic (exact) mass is 456 g/mol. The van der Waals surface area contributed by atoms with Crippen LogP contribution in [-0.4, -0.2) is 27.0 Å². The molecule has 11 heteroatoms. The first-order valence-corrected chi connectivity index (χ1v) is 9.47. The molecule has 0 aliphatic carbocycles. The molecule has 0 radical (unpaired) electrons. The molecule has 2 N–H and O–H groups in total. The first-order valence-electron chi connectivity index (χ1n) is 8.68. The number of aromatic amines is 1. The van der Waals surface area contributed by atoms with E-state index in [-0.39, 0.29) is 23.0 Å². The average molecular weight is 457 g/mol. The summed E-state index contributed by atoms with van der Waals surface area (Å²) in [7, 11) is 0. The van der Waals surface area contributed by atoms with E-state index in [2.05, 4.69) is 20.3 Å². The number of hydrogen-bond donors (Lipinski definition) is 2. The molecule has 30 heavy (non-hydrogen) atoms. The Labute approximate surface area is 179 Å². The third-order valence-corrected chi connectivity index (χ3v) is 4.72. The van der Waals surface area contributed by atoms with E-state index in [4.69, 9.17) is 23.8 Å². The molecule has 3 rings (SSSR count). The topological polar surface area (TPSA) is 71.9 Å². The highest BCUT2D eigenvalue weighted by molar-refractivity contribution is 7.71. The quantitative estimate of drug-likeness (QED) is 0.510. The fraction of sp³-hybridized carbons (Fsp3) is 0.211. The Morgan fingerprint density at radius 3 is 2.47 bits per heavy atom. The smallest absolute Gasteiger partial charge is 0.406 e. The van der Waals surface area contributed by atoms with Crippen molar-refractivity contribution in [1.29, 1.82) is 0 Å². The minimum Gasteiger partial charge on any atom is -0.406 e. The van der Waals surface area contributed by atoms with Crippen molar-refractivity contribution in [1.82, 2.24) is 20.1 Å². The Morgan fingerprint density at radius 1 is 1.23 bits per heavy atom. The Kier molecular flexibility index (Phi) is 6.47. The van der Waals surface area contributed by atoms with Crippen LogP contribution in [0.1, 0.15) is 18.5 Å². The van der Waals surface area contributed by atoms with Gasteiger partial charge in [-0.15, -0.1) is 13.2 Å². The molecule has 0 spiro atoms. The highest BCUT2D eigenvalue weighted by Gasteiger charge is 2.31. The van der Waals surface area contributed by atoms with Crippen LogP contribution in [0.4, 0.5) is 13.2 Å².